The third kappa shape index (κ3) is 4.29. The number of carbonyl (C=O) groups is 2. The smallest absolute Gasteiger partial charge is 0.324 e. The van der Waals surface area contributed by atoms with Crippen LogP contribution in [-0.2, 0) is 24.2 Å². The summed E-state index contributed by atoms with van der Waals surface area (Å²) in [5.74, 6) is -1.09. The molecule has 0 aromatic heterocycles. The molecule has 0 heterocycles. The highest BCUT2D eigenvalue weighted by atomic mass is 32.2. The van der Waals surface area contributed by atoms with E-state index in [1.54, 1.807) is 36.4 Å². The molecule has 0 spiro atoms. The van der Waals surface area contributed by atoms with Crippen LogP contribution in [0.2, 0.25) is 0 Å². The van der Waals surface area contributed by atoms with Gasteiger partial charge in [0, 0.05) is 13.2 Å². The van der Waals surface area contributed by atoms with Gasteiger partial charge in [0.2, 0.25) is 0 Å². The van der Waals surface area contributed by atoms with Crippen LogP contribution in [0.25, 0.3) is 11.1 Å². The molecule has 0 saturated heterocycles. The molecule has 0 radical (unpaired) electrons. The van der Waals surface area contributed by atoms with Gasteiger partial charge in [-0.3, -0.25) is 9.59 Å². The third-order valence-corrected chi connectivity index (χ3v) is 6.04. The van der Waals surface area contributed by atoms with Gasteiger partial charge >= 0.3 is 5.97 Å². The van der Waals surface area contributed by atoms with Gasteiger partial charge in [-0.25, -0.2) is 8.42 Å². The number of thioether (sulfide) groups is 1. The summed E-state index contributed by atoms with van der Waals surface area (Å²) < 4.78 is 21.6. The van der Waals surface area contributed by atoms with Gasteiger partial charge < -0.3 is 5.11 Å². The topological polar surface area (TPSA) is 88.5 Å². The lowest BCUT2D eigenvalue weighted by Crippen LogP contribution is -2.29. The molecular formula is C18H18O5S2. The van der Waals surface area contributed by atoms with Crippen molar-refractivity contribution in [3.63, 3.8) is 0 Å². The minimum absolute atomic E-state index is 0.240. The molecule has 25 heavy (non-hydrogen) atoms. The molecule has 0 aliphatic rings. The van der Waals surface area contributed by atoms with Gasteiger partial charge in [-0.1, -0.05) is 48.2 Å². The second-order valence-corrected chi connectivity index (χ2v) is 9.42. The van der Waals surface area contributed by atoms with Gasteiger partial charge in [-0.15, -0.1) is 0 Å². The predicted molar refractivity (Wildman–Crippen MR) is 98.2 cm³/mol. The Kier molecular flexibility index (Phi) is 5.39. The van der Waals surface area contributed by atoms with E-state index in [-0.39, 0.29) is 10.0 Å². The lowest BCUT2D eigenvalue weighted by atomic mass is 9.97. The molecule has 0 saturated carbocycles. The van der Waals surface area contributed by atoms with E-state index in [1.165, 1.54) is 26.0 Å². The number of benzene rings is 2. The molecule has 1 N–H and O–H groups in total. The second-order valence-electron chi connectivity index (χ2n) is 5.81. The van der Waals surface area contributed by atoms with E-state index in [0.717, 1.165) is 29.1 Å². The quantitative estimate of drug-likeness (QED) is 0.858. The average molecular weight is 378 g/mol. The Bertz CT molecular complexity index is 899. The van der Waals surface area contributed by atoms with Crippen molar-refractivity contribution in [2.24, 2.45) is 0 Å². The van der Waals surface area contributed by atoms with Gasteiger partial charge in [0.15, 0.2) is 15.0 Å². The third-order valence-electron chi connectivity index (χ3n) is 3.81. The van der Waals surface area contributed by atoms with Crippen molar-refractivity contribution in [3.05, 3.63) is 54.1 Å². The maximum atomic E-state index is 11.6. The Morgan fingerprint density at radius 1 is 0.960 bits per heavy atom. The summed E-state index contributed by atoms with van der Waals surface area (Å²) >= 11 is 0.764. The summed E-state index contributed by atoms with van der Waals surface area (Å²) in [4.78, 5) is 23.2. The standard InChI is InChI=1S/C18H18O5S2/c1-12(19)24-18(2,17(20)21)15-8-4-13(5-9-15)14-6-10-16(11-7-14)25(3,22)23/h4-11H,1-3H3,(H,20,21). The molecule has 132 valence electrons. The summed E-state index contributed by atoms with van der Waals surface area (Å²) in [7, 11) is -3.25. The Balaban J connectivity index is 2.36. The molecule has 0 aliphatic carbocycles. The van der Waals surface area contributed by atoms with E-state index in [2.05, 4.69) is 0 Å². The van der Waals surface area contributed by atoms with E-state index in [1.807, 2.05) is 0 Å². The number of aliphatic carboxylic acids is 1. The van der Waals surface area contributed by atoms with Crippen LogP contribution in [0, 0.1) is 0 Å². The summed E-state index contributed by atoms with van der Waals surface area (Å²) in [6.45, 7) is 2.83. The van der Waals surface area contributed by atoms with Gasteiger partial charge in [0.1, 0.15) is 4.75 Å². The van der Waals surface area contributed by atoms with E-state index in [0.29, 0.717) is 5.56 Å². The first-order chi connectivity index (χ1) is 11.5. The second kappa shape index (κ2) is 7.01. The number of rotatable bonds is 5. The zero-order valence-electron chi connectivity index (χ0n) is 14.0. The highest BCUT2D eigenvalue weighted by molar-refractivity contribution is 8.14. The SMILES string of the molecule is CC(=O)SC(C)(C(=O)O)c1ccc(-c2ccc(S(C)(=O)=O)cc2)cc1. The average Bonchev–Trinajstić information content (AvgIpc) is 2.53. The molecule has 1 atom stereocenters. The first-order valence-corrected chi connectivity index (χ1v) is 10.1. The van der Waals surface area contributed by atoms with Crippen molar-refractivity contribution < 1.29 is 23.1 Å². The Hall–Kier alpha value is -2.12. The molecule has 2 aromatic carbocycles. The minimum Gasteiger partial charge on any atom is -0.480 e. The minimum atomic E-state index is -3.25. The lowest BCUT2D eigenvalue weighted by Gasteiger charge is -2.23. The largest absolute Gasteiger partial charge is 0.480 e. The van der Waals surface area contributed by atoms with Crippen LogP contribution in [-0.4, -0.2) is 30.9 Å². The zero-order chi connectivity index (χ0) is 18.8. The van der Waals surface area contributed by atoms with Crippen molar-refractivity contribution >= 4 is 32.7 Å². The number of carboxylic acid groups (broad SMARTS) is 1. The Labute approximate surface area is 151 Å². The molecule has 0 bridgehead atoms. The van der Waals surface area contributed by atoms with Crippen molar-refractivity contribution in [2.75, 3.05) is 6.26 Å². The van der Waals surface area contributed by atoms with E-state index < -0.39 is 20.6 Å². The molecule has 5 nitrogen and oxygen atoms in total. The van der Waals surface area contributed by atoms with Crippen molar-refractivity contribution in [2.45, 2.75) is 23.5 Å². The summed E-state index contributed by atoms with van der Waals surface area (Å²) in [6.07, 6.45) is 1.15. The Morgan fingerprint density at radius 3 is 1.76 bits per heavy atom. The highest BCUT2D eigenvalue weighted by Gasteiger charge is 2.37. The van der Waals surface area contributed by atoms with E-state index >= 15 is 0 Å². The van der Waals surface area contributed by atoms with Gasteiger partial charge in [-0.05, 0) is 35.7 Å². The van der Waals surface area contributed by atoms with E-state index in [9.17, 15) is 23.1 Å². The summed E-state index contributed by atoms with van der Waals surface area (Å²) in [5, 5.41) is 9.23. The van der Waals surface area contributed by atoms with Crippen LogP contribution in [0.3, 0.4) is 0 Å². The van der Waals surface area contributed by atoms with Crippen molar-refractivity contribution in [1.29, 1.82) is 0 Å². The predicted octanol–water partition coefficient (Wildman–Crippen LogP) is 3.34. The fraction of sp³-hybridized carbons (Fsp3) is 0.222. The molecule has 7 heteroatoms. The van der Waals surface area contributed by atoms with Gasteiger partial charge in [-0.2, -0.15) is 0 Å². The lowest BCUT2D eigenvalue weighted by molar-refractivity contribution is -0.139. The number of hydrogen-bond donors (Lipinski definition) is 1. The molecule has 0 amide bonds. The summed E-state index contributed by atoms with van der Waals surface area (Å²) in [6, 6.07) is 13.3. The molecule has 2 rings (SSSR count). The van der Waals surface area contributed by atoms with Crippen LogP contribution < -0.4 is 0 Å². The number of carboxylic acids is 1. The van der Waals surface area contributed by atoms with Crippen molar-refractivity contribution in [3.8, 4) is 11.1 Å². The molecular weight excluding hydrogens is 360 g/mol. The fourth-order valence-electron chi connectivity index (χ4n) is 2.39. The first kappa shape index (κ1) is 19.2. The number of carbonyl (C=O) groups excluding carboxylic acids is 1. The van der Waals surface area contributed by atoms with Gasteiger partial charge in [0.25, 0.3) is 0 Å². The normalized spacial score (nSPS) is 13.9. The summed E-state index contributed by atoms with van der Waals surface area (Å²) in [5.41, 5.74) is 2.15. The fourth-order valence-corrected chi connectivity index (χ4v) is 3.94. The van der Waals surface area contributed by atoms with Crippen LogP contribution in [0.15, 0.2) is 53.4 Å². The maximum Gasteiger partial charge on any atom is 0.324 e. The van der Waals surface area contributed by atoms with Crippen LogP contribution in [0.5, 0.6) is 0 Å². The molecule has 0 fully saturated rings. The number of hydrogen-bond acceptors (Lipinski definition) is 5. The van der Waals surface area contributed by atoms with Crippen LogP contribution in [0.4, 0.5) is 0 Å². The van der Waals surface area contributed by atoms with Crippen LogP contribution in [0.1, 0.15) is 19.4 Å². The van der Waals surface area contributed by atoms with Gasteiger partial charge in [0.05, 0.1) is 4.90 Å². The molecule has 0 aliphatic heterocycles. The van der Waals surface area contributed by atoms with E-state index in [4.69, 9.17) is 0 Å². The Morgan fingerprint density at radius 2 is 1.40 bits per heavy atom. The molecule has 1 unspecified atom stereocenters. The number of sulfone groups is 1. The monoisotopic (exact) mass is 378 g/mol. The van der Waals surface area contributed by atoms with Crippen LogP contribution >= 0.6 is 11.8 Å². The zero-order valence-corrected chi connectivity index (χ0v) is 15.6. The highest BCUT2D eigenvalue weighted by Crippen LogP contribution is 2.37. The maximum absolute atomic E-state index is 11.6. The van der Waals surface area contributed by atoms with Crippen molar-refractivity contribution in [1.82, 2.24) is 0 Å². The molecule has 2 aromatic rings. The first-order valence-electron chi connectivity index (χ1n) is 7.38.